The molecule has 2 saturated heterocycles. The van der Waals surface area contributed by atoms with E-state index < -0.39 is 11.2 Å². The number of carbonyl (C=O) groups excluding carboxylic acids is 4. The summed E-state index contributed by atoms with van der Waals surface area (Å²) in [6.07, 6.45) is 8.26. The highest BCUT2D eigenvalue weighted by molar-refractivity contribution is 14.1. The first-order valence-corrected chi connectivity index (χ1v) is 30.3. The van der Waals surface area contributed by atoms with Crippen LogP contribution in [-0.4, -0.2) is 116 Å². The Bertz CT molecular complexity index is 2290. The number of methoxy groups -OCH3 is 2. The quantitative estimate of drug-likeness (QED) is 0.0898. The number of hydrogen-bond donors (Lipinski definition) is 1. The highest BCUT2D eigenvalue weighted by atomic mass is 127. The Labute approximate surface area is 478 Å². The van der Waals surface area contributed by atoms with Crippen LogP contribution in [-0.2, 0) is 52.2 Å². The molecule has 1 N–H and O–H groups in total. The second kappa shape index (κ2) is 29.6. The Hall–Kier alpha value is -4.60. The molecule has 4 aliphatic heterocycles. The van der Waals surface area contributed by atoms with Gasteiger partial charge in [0.1, 0.15) is 11.2 Å². The van der Waals surface area contributed by atoms with Crippen LogP contribution in [0.5, 0.6) is 0 Å². The van der Waals surface area contributed by atoms with Gasteiger partial charge in [0.25, 0.3) is 0 Å². The molecule has 0 spiro atoms. The Kier molecular flexibility index (Phi) is 24.9. The minimum atomic E-state index is -0.469. The molecule has 77 heavy (non-hydrogen) atoms. The van der Waals surface area contributed by atoms with Crippen LogP contribution in [0.2, 0.25) is 0 Å². The summed E-state index contributed by atoms with van der Waals surface area (Å²) in [6, 6.07) is 23.3. The van der Waals surface area contributed by atoms with Gasteiger partial charge in [-0.15, -0.1) is 0 Å². The average molecular weight is 1180 g/mol. The van der Waals surface area contributed by atoms with Crippen LogP contribution in [0, 0.1) is 35.5 Å². The molecule has 2 fully saturated rings. The molecule has 7 rings (SSSR count). The molecule has 4 atom stereocenters. The fraction of sp³-hybridized carbons (Fsp3) is 0.667. The number of rotatable bonds is 10. The number of benzene rings is 2. The lowest BCUT2D eigenvalue weighted by Crippen LogP contribution is -2.43. The highest BCUT2D eigenvalue weighted by Gasteiger charge is 2.36. The number of carbonyl (C=O) groups is 4. The number of fused-ring (bicyclic) bond motifs is 2. The van der Waals surface area contributed by atoms with Gasteiger partial charge in [0.15, 0.2) is 0 Å². The monoisotopic (exact) mass is 1180 g/mol. The van der Waals surface area contributed by atoms with E-state index in [1.807, 2.05) is 56.3 Å². The second-order valence-electron chi connectivity index (χ2n) is 25.8. The van der Waals surface area contributed by atoms with Crippen molar-refractivity contribution in [3.8, 4) is 0 Å². The van der Waals surface area contributed by atoms with E-state index in [9.17, 15) is 19.2 Å². The number of hydrogen-bond acceptors (Lipinski definition) is 11. The number of pyridine rings is 1. The number of amides is 2. The third-order valence-corrected chi connectivity index (χ3v) is 15.2. The van der Waals surface area contributed by atoms with Gasteiger partial charge in [0.2, 0.25) is 0 Å². The maximum absolute atomic E-state index is 12.4. The molecule has 4 aliphatic rings. The molecule has 14 heteroatoms. The van der Waals surface area contributed by atoms with Gasteiger partial charge in [-0.3, -0.25) is 14.6 Å². The lowest BCUT2D eigenvalue weighted by atomic mass is 9.75. The lowest BCUT2D eigenvalue weighted by molar-refractivity contribution is -0.143. The Balaban J connectivity index is 0.000000261. The molecule has 0 saturated carbocycles. The van der Waals surface area contributed by atoms with Gasteiger partial charge in [-0.2, -0.15) is 0 Å². The van der Waals surface area contributed by atoms with E-state index in [4.69, 9.17) is 23.9 Å². The third kappa shape index (κ3) is 21.5. The number of esters is 2. The van der Waals surface area contributed by atoms with Crippen molar-refractivity contribution < 1.29 is 38.1 Å². The highest BCUT2D eigenvalue weighted by Crippen LogP contribution is 2.39. The fourth-order valence-corrected chi connectivity index (χ4v) is 10.9. The molecule has 2 amide bonds. The molecule has 0 bridgehead atoms. The van der Waals surface area contributed by atoms with Crippen molar-refractivity contribution in [2.45, 2.75) is 169 Å². The first-order valence-electron chi connectivity index (χ1n) is 28.2. The van der Waals surface area contributed by atoms with Crippen LogP contribution in [0.15, 0.2) is 66.7 Å². The predicted molar refractivity (Wildman–Crippen MR) is 321 cm³/mol. The predicted octanol–water partition coefficient (Wildman–Crippen LogP) is 13.7. The molecular formula is C63H98IN5O8. The maximum Gasteiger partial charge on any atom is 0.410 e. The molecule has 0 aliphatic carbocycles. The van der Waals surface area contributed by atoms with Gasteiger partial charge >= 0.3 is 24.1 Å². The van der Waals surface area contributed by atoms with Crippen LogP contribution in [0.25, 0.3) is 0 Å². The van der Waals surface area contributed by atoms with Gasteiger partial charge in [0.05, 0.1) is 14.2 Å². The number of likely N-dealkylation sites (tertiary alicyclic amines) is 2. The van der Waals surface area contributed by atoms with Gasteiger partial charge in [-0.25, -0.2) is 9.59 Å². The summed E-state index contributed by atoms with van der Waals surface area (Å²) in [7, 11) is 5.08. The smallest absolute Gasteiger partial charge is 0.410 e. The summed E-state index contributed by atoms with van der Waals surface area (Å²) >= 11 is 2.15. The molecule has 0 radical (unpaired) electrons. The number of ether oxygens (including phenoxy) is 4. The number of aromatic nitrogens is 1. The number of halogens is 1. The molecule has 1 aromatic heterocycles. The van der Waals surface area contributed by atoms with Crippen LogP contribution >= 0.6 is 22.6 Å². The number of alkyl halides is 1. The first-order chi connectivity index (χ1) is 36.1. The molecule has 13 nitrogen and oxygen atoms in total. The SMILES string of the molecule is CC(C)(C)c1cccc(C(C)(C)C)n1.CI.COC(=O)CC(CC1CCN(C(=O)OC(C)(C)C)CC1)C1CNc2ccccc2C1.COC(=O)CC(CC1CCN(C(=O)OC(C)(C)C)CC1)C1Cc2ccccc2N(C)C1. The molecule has 5 heterocycles. The van der Waals surface area contributed by atoms with Crippen molar-refractivity contribution in [3.63, 3.8) is 0 Å². The van der Waals surface area contributed by atoms with Crippen LogP contribution in [0.3, 0.4) is 0 Å². The number of para-hydroxylation sites is 2. The topological polar surface area (TPSA) is 140 Å². The van der Waals surface area contributed by atoms with E-state index >= 15 is 0 Å². The minimum absolute atomic E-state index is 0.127. The van der Waals surface area contributed by atoms with Crippen molar-refractivity contribution in [2.24, 2.45) is 35.5 Å². The maximum atomic E-state index is 12.4. The van der Waals surface area contributed by atoms with Crippen molar-refractivity contribution in [1.82, 2.24) is 14.8 Å². The summed E-state index contributed by atoms with van der Waals surface area (Å²) < 4.78 is 21.1. The van der Waals surface area contributed by atoms with E-state index in [0.717, 1.165) is 90.6 Å². The van der Waals surface area contributed by atoms with Crippen molar-refractivity contribution in [1.29, 1.82) is 0 Å². The lowest BCUT2D eigenvalue weighted by Gasteiger charge is -2.40. The number of anilines is 2. The van der Waals surface area contributed by atoms with Gasteiger partial charge in [-0.05, 0) is 169 Å². The van der Waals surface area contributed by atoms with Crippen LogP contribution < -0.4 is 10.2 Å². The second-order valence-corrected chi connectivity index (χ2v) is 25.8. The zero-order valence-electron chi connectivity index (χ0n) is 50.1. The summed E-state index contributed by atoms with van der Waals surface area (Å²) in [5.41, 5.74) is 6.86. The van der Waals surface area contributed by atoms with Crippen molar-refractivity contribution in [3.05, 3.63) is 89.2 Å². The van der Waals surface area contributed by atoms with Crippen LogP contribution in [0.1, 0.15) is 157 Å². The number of nitrogens with one attached hydrogen (secondary N) is 1. The standard InChI is InChI=1S/C25H38N2O4.C24H36N2O4.C13H21N.CH3I/c1-25(2,3)31-24(29)27-12-10-18(11-13-27)14-20(16-23(28)30-5)21-15-19-8-6-7-9-22(19)26(4)17-21;1-24(2,3)30-23(28)26-11-9-17(10-12-26)13-19(15-22(27)29-4)20-14-18-7-5-6-8-21(18)25-16-20;1-12(2,3)10-8-7-9-11(14-10)13(4,5)6;1-2/h6-9,18,20-21H,10-17H2,1-5H3;5-8,17,19-20,25H,9-16H2,1-4H3;7-9H,1-6H3;1H3. The van der Waals surface area contributed by atoms with E-state index in [-0.39, 0.29) is 46.8 Å². The number of piperidine rings is 2. The summed E-state index contributed by atoms with van der Waals surface area (Å²) in [6.45, 7) is 29.3. The van der Waals surface area contributed by atoms with Crippen molar-refractivity contribution >= 4 is 58.1 Å². The zero-order valence-corrected chi connectivity index (χ0v) is 52.2. The Morgan fingerprint density at radius 3 is 1.45 bits per heavy atom. The molecule has 2 aromatic carbocycles. The fourth-order valence-electron chi connectivity index (χ4n) is 10.9. The van der Waals surface area contributed by atoms with E-state index in [1.165, 1.54) is 48.1 Å². The van der Waals surface area contributed by atoms with E-state index in [2.05, 4.69) is 148 Å². The Morgan fingerprint density at radius 1 is 0.597 bits per heavy atom. The summed E-state index contributed by atoms with van der Waals surface area (Å²) in [5, 5.41) is 3.54. The van der Waals surface area contributed by atoms with Gasteiger partial charge < -0.3 is 39.0 Å². The largest absolute Gasteiger partial charge is 0.469 e. The van der Waals surface area contributed by atoms with Gasteiger partial charge in [0, 0.05) is 92.8 Å². The average Bonchev–Trinajstić information content (AvgIpc) is 3.38. The Morgan fingerprint density at radius 2 is 1.01 bits per heavy atom. The molecule has 4 unspecified atom stereocenters. The van der Waals surface area contributed by atoms with Gasteiger partial charge in [-0.1, -0.05) is 107 Å². The molecular weight excluding hydrogens is 1080 g/mol. The normalized spacial score (nSPS) is 18.8. The van der Waals surface area contributed by atoms with Crippen molar-refractivity contribution in [2.75, 3.05) is 75.7 Å². The van der Waals surface area contributed by atoms with Crippen LogP contribution in [0.4, 0.5) is 21.0 Å². The molecule has 3 aromatic rings. The summed E-state index contributed by atoms with van der Waals surface area (Å²) in [4.78, 5) is 61.6. The van der Waals surface area contributed by atoms with E-state index in [0.29, 0.717) is 36.5 Å². The molecule has 430 valence electrons. The minimum Gasteiger partial charge on any atom is -0.469 e. The summed E-state index contributed by atoms with van der Waals surface area (Å²) in [5.74, 6) is 2.14. The first kappa shape index (κ1) is 64.9. The van der Waals surface area contributed by atoms with E-state index in [1.54, 1.807) is 0 Å². The third-order valence-electron chi connectivity index (χ3n) is 15.2. The zero-order chi connectivity index (χ0) is 57.3. The number of nitrogens with zero attached hydrogens (tertiary/aromatic N) is 4.